The molecule has 1 aliphatic heterocycles. The van der Waals surface area contributed by atoms with Crippen LogP contribution < -0.4 is 25.4 Å². The Morgan fingerprint density at radius 1 is 1.18 bits per heavy atom. The van der Waals surface area contributed by atoms with Crippen molar-refractivity contribution < 1.29 is 18.7 Å². The van der Waals surface area contributed by atoms with Crippen molar-refractivity contribution >= 4 is 17.7 Å². The number of halogens is 1. The van der Waals surface area contributed by atoms with Crippen LogP contribution in [0, 0.1) is 5.82 Å². The molecule has 0 saturated carbocycles. The van der Waals surface area contributed by atoms with E-state index >= 15 is 0 Å². The first-order chi connectivity index (χ1) is 16.6. The zero-order valence-corrected chi connectivity index (χ0v) is 19.8. The van der Waals surface area contributed by atoms with Gasteiger partial charge >= 0.3 is 0 Å². The highest BCUT2D eigenvalue weighted by Gasteiger charge is 2.22. The fourth-order valence-electron chi connectivity index (χ4n) is 3.80. The summed E-state index contributed by atoms with van der Waals surface area (Å²) in [5, 5.41) is 9.47. The summed E-state index contributed by atoms with van der Waals surface area (Å²) in [7, 11) is 4.79. The molecule has 2 aromatic heterocycles. The zero-order chi connectivity index (χ0) is 24.3. The molecule has 182 valence electrons. The number of anilines is 2. The number of nitrogens with zero attached hydrogens (tertiary/aromatic N) is 1. The molecule has 1 aliphatic rings. The number of ether oxygens (including phenoxy) is 2. The average molecular weight is 470 g/mol. The van der Waals surface area contributed by atoms with Crippen molar-refractivity contribution in [3.8, 4) is 22.8 Å². The SMILES string of the molecule is C1CCNC1.CNCCc1[nH]c(-c2ccncc2OC)c(Nc2cccc(F)c2OC)c1C=O. The van der Waals surface area contributed by atoms with E-state index in [9.17, 15) is 9.18 Å². The number of carbonyl (C=O) groups is 1. The summed E-state index contributed by atoms with van der Waals surface area (Å²) in [5.74, 6) is 0.106. The quantitative estimate of drug-likeness (QED) is 0.353. The first kappa shape index (κ1) is 25.2. The number of hydrogen-bond acceptors (Lipinski definition) is 7. The van der Waals surface area contributed by atoms with Gasteiger partial charge in [0.2, 0.25) is 0 Å². The lowest BCUT2D eigenvalue weighted by Crippen LogP contribution is -2.11. The summed E-state index contributed by atoms with van der Waals surface area (Å²) < 4.78 is 24.8. The number of aromatic amines is 1. The highest BCUT2D eigenvalue weighted by atomic mass is 19.1. The molecular formula is C25H32FN5O3. The molecule has 1 aromatic carbocycles. The van der Waals surface area contributed by atoms with Gasteiger partial charge in [0, 0.05) is 30.4 Å². The molecule has 0 radical (unpaired) electrons. The first-order valence-corrected chi connectivity index (χ1v) is 11.3. The van der Waals surface area contributed by atoms with Crippen molar-refractivity contribution in [3.63, 3.8) is 0 Å². The van der Waals surface area contributed by atoms with E-state index in [0.29, 0.717) is 41.3 Å². The van der Waals surface area contributed by atoms with Crippen LogP contribution in [-0.2, 0) is 6.42 Å². The smallest absolute Gasteiger partial charge is 0.177 e. The fraction of sp³-hybridized carbons (Fsp3) is 0.360. The number of aromatic nitrogens is 2. The number of methoxy groups -OCH3 is 2. The number of nitrogens with one attached hydrogen (secondary N) is 4. The van der Waals surface area contributed by atoms with Gasteiger partial charge in [-0.2, -0.15) is 0 Å². The van der Waals surface area contributed by atoms with E-state index in [2.05, 4.69) is 25.9 Å². The van der Waals surface area contributed by atoms with Crippen molar-refractivity contribution in [2.24, 2.45) is 0 Å². The summed E-state index contributed by atoms with van der Waals surface area (Å²) in [5.41, 5.74) is 3.49. The largest absolute Gasteiger partial charge is 0.494 e. The number of H-pyrrole nitrogens is 1. The van der Waals surface area contributed by atoms with Gasteiger partial charge in [0.15, 0.2) is 17.9 Å². The molecule has 0 bridgehead atoms. The number of pyridine rings is 1. The van der Waals surface area contributed by atoms with Gasteiger partial charge in [-0.05, 0) is 51.2 Å². The summed E-state index contributed by atoms with van der Waals surface area (Å²) >= 11 is 0. The van der Waals surface area contributed by atoms with Crippen molar-refractivity contribution in [3.05, 3.63) is 53.7 Å². The summed E-state index contributed by atoms with van der Waals surface area (Å²) in [6, 6.07) is 6.36. The van der Waals surface area contributed by atoms with Gasteiger partial charge in [-0.3, -0.25) is 9.78 Å². The zero-order valence-electron chi connectivity index (χ0n) is 19.8. The van der Waals surface area contributed by atoms with Crippen LogP contribution in [0.3, 0.4) is 0 Å². The Kier molecular flexibility index (Phi) is 9.42. The molecule has 34 heavy (non-hydrogen) atoms. The van der Waals surface area contributed by atoms with E-state index in [1.54, 1.807) is 37.7 Å². The van der Waals surface area contributed by atoms with Crippen LogP contribution in [0.25, 0.3) is 11.3 Å². The van der Waals surface area contributed by atoms with E-state index < -0.39 is 5.82 Å². The molecule has 3 aromatic rings. The van der Waals surface area contributed by atoms with E-state index in [1.165, 1.54) is 39.1 Å². The molecule has 0 amide bonds. The average Bonchev–Trinajstić information content (AvgIpc) is 3.55. The molecule has 4 rings (SSSR count). The minimum Gasteiger partial charge on any atom is -0.494 e. The number of para-hydroxylation sites is 1. The molecule has 9 heteroatoms. The maximum atomic E-state index is 14.2. The van der Waals surface area contributed by atoms with E-state index in [0.717, 1.165) is 17.5 Å². The second-order valence-corrected chi connectivity index (χ2v) is 7.72. The van der Waals surface area contributed by atoms with Crippen LogP contribution in [0.2, 0.25) is 0 Å². The Morgan fingerprint density at radius 2 is 1.97 bits per heavy atom. The Bertz CT molecular complexity index is 1070. The normalized spacial score (nSPS) is 12.6. The van der Waals surface area contributed by atoms with E-state index in [4.69, 9.17) is 9.47 Å². The second kappa shape index (κ2) is 12.7. The number of rotatable bonds is 9. The number of benzene rings is 1. The Hall–Kier alpha value is -3.43. The third-order valence-electron chi connectivity index (χ3n) is 5.52. The van der Waals surface area contributed by atoms with Gasteiger partial charge in [-0.1, -0.05) is 6.07 Å². The Labute approximate surface area is 199 Å². The molecule has 1 fully saturated rings. The van der Waals surface area contributed by atoms with Crippen LogP contribution in [-0.4, -0.2) is 57.2 Å². The number of hydrogen-bond donors (Lipinski definition) is 4. The maximum Gasteiger partial charge on any atom is 0.177 e. The predicted molar refractivity (Wildman–Crippen MR) is 132 cm³/mol. The lowest BCUT2D eigenvalue weighted by molar-refractivity contribution is 0.112. The minimum atomic E-state index is -0.501. The minimum absolute atomic E-state index is 0.0648. The molecule has 1 saturated heterocycles. The van der Waals surface area contributed by atoms with Gasteiger partial charge in [-0.15, -0.1) is 0 Å². The Balaban J connectivity index is 0.000000574. The highest BCUT2D eigenvalue weighted by molar-refractivity contribution is 5.96. The van der Waals surface area contributed by atoms with E-state index in [1.807, 2.05) is 7.05 Å². The number of likely N-dealkylation sites (N-methyl/N-ethyl adjacent to an activating group) is 1. The summed E-state index contributed by atoms with van der Waals surface area (Å²) in [4.78, 5) is 19.4. The van der Waals surface area contributed by atoms with Crippen LogP contribution in [0.5, 0.6) is 11.5 Å². The summed E-state index contributed by atoms with van der Waals surface area (Å²) in [6.07, 6.45) is 7.40. The van der Waals surface area contributed by atoms with Crippen molar-refractivity contribution in [2.45, 2.75) is 19.3 Å². The monoisotopic (exact) mass is 469 g/mol. The molecule has 0 aliphatic carbocycles. The maximum absolute atomic E-state index is 14.2. The fourth-order valence-corrected chi connectivity index (χ4v) is 3.80. The molecule has 0 spiro atoms. The first-order valence-electron chi connectivity index (χ1n) is 11.3. The van der Waals surface area contributed by atoms with Crippen molar-refractivity contribution in [2.75, 3.05) is 46.2 Å². The van der Waals surface area contributed by atoms with Crippen LogP contribution >= 0.6 is 0 Å². The molecular weight excluding hydrogens is 437 g/mol. The summed E-state index contributed by atoms with van der Waals surface area (Å²) in [6.45, 7) is 3.18. The van der Waals surface area contributed by atoms with Gasteiger partial charge in [0.05, 0.1) is 43.0 Å². The van der Waals surface area contributed by atoms with Gasteiger partial charge < -0.3 is 30.4 Å². The Morgan fingerprint density at radius 3 is 2.59 bits per heavy atom. The van der Waals surface area contributed by atoms with E-state index in [-0.39, 0.29) is 5.75 Å². The van der Waals surface area contributed by atoms with Crippen LogP contribution in [0.15, 0.2) is 36.7 Å². The topological polar surface area (TPSA) is 100 Å². The van der Waals surface area contributed by atoms with Crippen LogP contribution in [0.1, 0.15) is 28.9 Å². The lowest BCUT2D eigenvalue weighted by Gasteiger charge is -2.14. The van der Waals surface area contributed by atoms with Gasteiger partial charge in [0.1, 0.15) is 5.75 Å². The molecule has 0 unspecified atom stereocenters. The second-order valence-electron chi connectivity index (χ2n) is 7.72. The highest BCUT2D eigenvalue weighted by Crippen LogP contribution is 2.40. The van der Waals surface area contributed by atoms with Crippen LogP contribution in [0.4, 0.5) is 15.8 Å². The number of carbonyl (C=O) groups excluding carboxylic acids is 1. The van der Waals surface area contributed by atoms with Crippen molar-refractivity contribution in [1.82, 2.24) is 20.6 Å². The predicted octanol–water partition coefficient (Wildman–Crippen LogP) is 3.92. The molecule has 0 atom stereocenters. The molecule has 8 nitrogen and oxygen atoms in total. The molecule has 4 N–H and O–H groups in total. The third-order valence-corrected chi connectivity index (χ3v) is 5.52. The number of aldehydes is 1. The van der Waals surface area contributed by atoms with Crippen molar-refractivity contribution in [1.29, 1.82) is 0 Å². The molecule has 3 heterocycles. The van der Waals surface area contributed by atoms with Gasteiger partial charge in [0.25, 0.3) is 0 Å². The standard InChI is InChI=1S/C21H23FN4O3.C4H9N/c1-23-9-8-16-14(12-27)20(26-17-6-4-5-15(22)21(17)29-3)19(25-16)13-7-10-24-11-18(13)28-2;1-2-4-5-3-1/h4-7,10-12,23,25-26H,8-9H2,1-3H3;5H,1-4H2. The lowest BCUT2D eigenvalue weighted by atomic mass is 10.1. The van der Waals surface area contributed by atoms with Gasteiger partial charge in [-0.25, -0.2) is 4.39 Å². The third kappa shape index (κ3) is 5.92.